The Hall–Kier alpha value is -0.570. The number of aryl methyl sites for hydroxylation is 1. The van der Waals surface area contributed by atoms with Crippen molar-refractivity contribution in [3.05, 3.63) is 35.4 Å². The van der Waals surface area contributed by atoms with Crippen LogP contribution in [-0.4, -0.2) is 17.5 Å². The standard InChI is InChI=1S/C12H18ClNO/c13-7-2-1-4-10-5-3-6-11(8-10)12(15)9-14/h3,5-6,8,12,15H,1-2,4,7,9,14H2/t12-/m0/s1. The first-order valence-electron chi connectivity index (χ1n) is 5.31. The number of aliphatic hydroxyl groups excluding tert-OH is 1. The Balaban J connectivity index is 2.57. The fourth-order valence-electron chi connectivity index (χ4n) is 1.52. The summed E-state index contributed by atoms with van der Waals surface area (Å²) in [5, 5.41) is 9.58. The maximum atomic E-state index is 9.58. The summed E-state index contributed by atoms with van der Waals surface area (Å²) in [5.41, 5.74) is 7.55. The summed E-state index contributed by atoms with van der Waals surface area (Å²) < 4.78 is 0. The normalized spacial score (nSPS) is 12.7. The van der Waals surface area contributed by atoms with E-state index in [-0.39, 0.29) is 6.54 Å². The minimum absolute atomic E-state index is 0.269. The summed E-state index contributed by atoms with van der Waals surface area (Å²) in [7, 11) is 0. The monoisotopic (exact) mass is 227 g/mol. The van der Waals surface area contributed by atoms with Gasteiger partial charge in [-0.15, -0.1) is 11.6 Å². The van der Waals surface area contributed by atoms with Gasteiger partial charge in [-0.2, -0.15) is 0 Å². The summed E-state index contributed by atoms with van der Waals surface area (Å²) in [4.78, 5) is 0. The van der Waals surface area contributed by atoms with Crippen LogP contribution in [0.1, 0.15) is 30.1 Å². The quantitative estimate of drug-likeness (QED) is 0.579. The summed E-state index contributed by atoms with van der Waals surface area (Å²) in [6.45, 7) is 0.269. The van der Waals surface area contributed by atoms with Crippen LogP contribution >= 0.6 is 11.6 Å². The number of hydrogen-bond acceptors (Lipinski definition) is 2. The van der Waals surface area contributed by atoms with Gasteiger partial charge in [-0.25, -0.2) is 0 Å². The largest absolute Gasteiger partial charge is 0.387 e. The fraction of sp³-hybridized carbons (Fsp3) is 0.500. The number of hydrogen-bond donors (Lipinski definition) is 2. The van der Waals surface area contributed by atoms with Crippen LogP contribution in [0.15, 0.2) is 24.3 Å². The molecule has 0 heterocycles. The molecule has 0 saturated carbocycles. The Morgan fingerprint density at radius 1 is 1.33 bits per heavy atom. The number of nitrogens with two attached hydrogens (primary N) is 1. The summed E-state index contributed by atoms with van der Waals surface area (Å²) in [6, 6.07) is 7.96. The van der Waals surface area contributed by atoms with Gasteiger partial charge in [-0.1, -0.05) is 24.3 Å². The Morgan fingerprint density at radius 2 is 2.13 bits per heavy atom. The number of aliphatic hydroxyl groups is 1. The molecule has 0 aliphatic heterocycles. The molecule has 0 spiro atoms. The number of halogens is 1. The van der Waals surface area contributed by atoms with E-state index in [0.717, 1.165) is 24.8 Å². The molecule has 15 heavy (non-hydrogen) atoms. The molecule has 0 aliphatic rings. The molecule has 0 radical (unpaired) electrons. The zero-order valence-corrected chi connectivity index (χ0v) is 9.58. The van der Waals surface area contributed by atoms with Gasteiger partial charge in [0.05, 0.1) is 6.10 Å². The van der Waals surface area contributed by atoms with Gasteiger partial charge in [-0.3, -0.25) is 0 Å². The van der Waals surface area contributed by atoms with E-state index in [0.29, 0.717) is 5.88 Å². The van der Waals surface area contributed by atoms with E-state index in [1.165, 1.54) is 5.56 Å². The molecule has 0 unspecified atom stereocenters. The first-order chi connectivity index (χ1) is 7.27. The second-order valence-electron chi connectivity index (χ2n) is 3.64. The molecule has 0 amide bonds. The van der Waals surface area contributed by atoms with Crippen LogP contribution in [0.4, 0.5) is 0 Å². The third kappa shape index (κ3) is 4.20. The van der Waals surface area contributed by atoms with E-state index in [4.69, 9.17) is 17.3 Å². The Kier molecular flexibility index (Phi) is 5.69. The SMILES string of the molecule is NC[C@H](O)c1cccc(CCCCCl)c1. The van der Waals surface area contributed by atoms with Crippen LogP contribution in [-0.2, 0) is 6.42 Å². The lowest BCUT2D eigenvalue weighted by Crippen LogP contribution is -2.11. The van der Waals surface area contributed by atoms with E-state index in [1.807, 2.05) is 18.2 Å². The molecule has 1 aromatic carbocycles. The van der Waals surface area contributed by atoms with Crippen molar-refractivity contribution in [3.63, 3.8) is 0 Å². The third-order valence-corrected chi connectivity index (χ3v) is 2.68. The van der Waals surface area contributed by atoms with Crippen LogP contribution in [0.25, 0.3) is 0 Å². The molecule has 0 aromatic heterocycles. The van der Waals surface area contributed by atoms with Crippen LogP contribution in [0.2, 0.25) is 0 Å². The van der Waals surface area contributed by atoms with Gasteiger partial charge in [-0.05, 0) is 30.4 Å². The zero-order chi connectivity index (χ0) is 11.1. The van der Waals surface area contributed by atoms with Crippen molar-refractivity contribution >= 4 is 11.6 Å². The second kappa shape index (κ2) is 6.83. The molecule has 3 heteroatoms. The van der Waals surface area contributed by atoms with Gasteiger partial charge in [0.2, 0.25) is 0 Å². The molecule has 1 rings (SSSR count). The molecule has 1 aromatic rings. The molecular weight excluding hydrogens is 210 g/mol. The lowest BCUT2D eigenvalue weighted by atomic mass is 10.0. The van der Waals surface area contributed by atoms with E-state index in [2.05, 4.69) is 6.07 Å². The van der Waals surface area contributed by atoms with Crippen molar-refractivity contribution in [3.8, 4) is 0 Å². The van der Waals surface area contributed by atoms with Crippen molar-refractivity contribution in [2.24, 2.45) is 5.73 Å². The summed E-state index contributed by atoms with van der Waals surface area (Å²) in [6.07, 6.45) is 2.59. The Bertz CT molecular complexity index is 291. The number of benzene rings is 1. The second-order valence-corrected chi connectivity index (χ2v) is 4.02. The van der Waals surface area contributed by atoms with Crippen molar-refractivity contribution in [2.75, 3.05) is 12.4 Å². The molecule has 3 N–H and O–H groups in total. The summed E-state index contributed by atoms with van der Waals surface area (Å²) in [5.74, 6) is 0.713. The van der Waals surface area contributed by atoms with Gasteiger partial charge in [0, 0.05) is 12.4 Å². The fourth-order valence-corrected chi connectivity index (χ4v) is 1.70. The van der Waals surface area contributed by atoms with Crippen molar-refractivity contribution in [1.29, 1.82) is 0 Å². The molecule has 2 nitrogen and oxygen atoms in total. The first kappa shape index (κ1) is 12.5. The van der Waals surface area contributed by atoms with Gasteiger partial charge < -0.3 is 10.8 Å². The minimum Gasteiger partial charge on any atom is -0.387 e. The van der Waals surface area contributed by atoms with Crippen molar-refractivity contribution < 1.29 is 5.11 Å². The van der Waals surface area contributed by atoms with E-state index in [9.17, 15) is 5.11 Å². The minimum atomic E-state index is -0.544. The van der Waals surface area contributed by atoms with E-state index in [1.54, 1.807) is 0 Å². The lowest BCUT2D eigenvalue weighted by Gasteiger charge is -2.09. The average molecular weight is 228 g/mol. The molecular formula is C12H18ClNO. The number of rotatable bonds is 6. The molecule has 1 atom stereocenters. The molecule has 0 aliphatic carbocycles. The summed E-state index contributed by atoms with van der Waals surface area (Å²) >= 11 is 5.62. The predicted molar refractivity (Wildman–Crippen MR) is 64.1 cm³/mol. The van der Waals surface area contributed by atoms with Gasteiger partial charge in [0.25, 0.3) is 0 Å². The maximum Gasteiger partial charge on any atom is 0.0912 e. The average Bonchev–Trinajstić information content (AvgIpc) is 2.29. The van der Waals surface area contributed by atoms with Crippen LogP contribution in [0, 0.1) is 0 Å². The van der Waals surface area contributed by atoms with Crippen molar-refractivity contribution in [1.82, 2.24) is 0 Å². The highest BCUT2D eigenvalue weighted by atomic mass is 35.5. The highest BCUT2D eigenvalue weighted by molar-refractivity contribution is 6.17. The number of unbranched alkanes of at least 4 members (excludes halogenated alkanes) is 1. The number of alkyl halides is 1. The maximum absolute atomic E-state index is 9.58. The molecule has 0 fully saturated rings. The zero-order valence-electron chi connectivity index (χ0n) is 8.82. The van der Waals surface area contributed by atoms with Gasteiger partial charge in [0.15, 0.2) is 0 Å². The molecule has 84 valence electrons. The highest BCUT2D eigenvalue weighted by Gasteiger charge is 2.04. The van der Waals surface area contributed by atoms with Crippen LogP contribution < -0.4 is 5.73 Å². The Labute approximate surface area is 96.1 Å². The Morgan fingerprint density at radius 3 is 2.80 bits per heavy atom. The van der Waals surface area contributed by atoms with Crippen molar-refractivity contribution in [2.45, 2.75) is 25.4 Å². The smallest absolute Gasteiger partial charge is 0.0912 e. The third-order valence-electron chi connectivity index (χ3n) is 2.41. The topological polar surface area (TPSA) is 46.2 Å². The first-order valence-corrected chi connectivity index (χ1v) is 5.84. The van der Waals surface area contributed by atoms with Crippen LogP contribution in [0.3, 0.4) is 0 Å². The van der Waals surface area contributed by atoms with E-state index >= 15 is 0 Å². The van der Waals surface area contributed by atoms with E-state index < -0.39 is 6.10 Å². The molecule has 0 bridgehead atoms. The van der Waals surface area contributed by atoms with Gasteiger partial charge in [0.1, 0.15) is 0 Å². The van der Waals surface area contributed by atoms with Gasteiger partial charge >= 0.3 is 0 Å². The highest BCUT2D eigenvalue weighted by Crippen LogP contribution is 2.15. The molecule has 0 saturated heterocycles. The van der Waals surface area contributed by atoms with Crippen LogP contribution in [0.5, 0.6) is 0 Å². The lowest BCUT2D eigenvalue weighted by molar-refractivity contribution is 0.186. The predicted octanol–water partition coefficient (Wildman–Crippen LogP) is 2.24.